The van der Waals surface area contributed by atoms with Crippen LogP contribution in [0.25, 0.3) is 0 Å². The number of quaternary nitrogens is 1. The average molecular weight is 413 g/mol. The third kappa shape index (κ3) is 6.19. The first-order chi connectivity index (χ1) is 13.1. The first kappa shape index (κ1) is 20.1. The third-order valence-corrected chi connectivity index (χ3v) is 5.65. The van der Waals surface area contributed by atoms with Crippen LogP contribution < -0.4 is 15.5 Å². The molecule has 0 aliphatic carbocycles. The Balaban J connectivity index is 1.54. The summed E-state index contributed by atoms with van der Waals surface area (Å²) in [5.41, 5.74) is 0.769. The lowest BCUT2D eigenvalue weighted by Gasteiger charge is -2.30. The molecule has 1 saturated heterocycles. The van der Waals surface area contributed by atoms with E-state index < -0.39 is 5.76 Å². The van der Waals surface area contributed by atoms with E-state index in [1.54, 1.807) is 30.5 Å². The van der Waals surface area contributed by atoms with Crippen molar-refractivity contribution in [2.75, 3.05) is 25.0 Å². The summed E-state index contributed by atoms with van der Waals surface area (Å²) in [4.78, 5) is 2.04. The van der Waals surface area contributed by atoms with E-state index >= 15 is 0 Å². The lowest BCUT2D eigenvalue weighted by Crippen LogP contribution is -3.13. The highest BCUT2D eigenvalue weighted by molar-refractivity contribution is 7.99. The number of thiocarbonyl (C=S) groups is 1. The summed E-state index contributed by atoms with van der Waals surface area (Å²) in [5.74, 6) is -1.45. The van der Waals surface area contributed by atoms with Crippen molar-refractivity contribution < 1.29 is 18.1 Å². The molecule has 2 heterocycles. The molecule has 27 heavy (non-hydrogen) atoms. The zero-order valence-corrected chi connectivity index (χ0v) is 16.6. The number of benzene rings is 1. The smallest absolute Gasteiger partial charge is 0.288 e. The molecule has 0 spiro atoms. The van der Waals surface area contributed by atoms with Crippen LogP contribution in [0, 0.1) is 0 Å². The van der Waals surface area contributed by atoms with E-state index in [0.29, 0.717) is 28.3 Å². The number of alkyl halides is 2. The minimum Gasteiger partial charge on any atom is -0.463 e. The molecule has 0 radical (unpaired) electrons. The molecule has 0 amide bonds. The van der Waals surface area contributed by atoms with Gasteiger partial charge in [-0.2, -0.15) is 8.78 Å². The van der Waals surface area contributed by atoms with E-state index in [1.807, 2.05) is 12.1 Å². The van der Waals surface area contributed by atoms with Crippen LogP contribution in [0.1, 0.15) is 31.1 Å². The summed E-state index contributed by atoms with van der Waals surface area (Å²) in [6, 6.07) is 11.0. The monoisotopic (exact) mass is 412 g/mol. The van der Waals surface area contributed by atoms with Gasteiger partial charge in [-0.15, -0.1) is 0 Å². The number of nitrogens with one attached hydrogen (secondary N) is 3. The summed E-state index contributed by atoms with van der Waals surface area (Å²) in [6.45, 7) is 2.95. The minimum atomic E-state index is -2.41. The van der Waals surface area contributed by atoms with Gasteiger partial charge in [0.05, 0.1) is 25.9 Å². The van der Waals surface area contributed by atoms with Crippen LogP contribution in [0.3, 0.4) is 0 Å². The molecule has 3 rings (SSSR count). The molecule has 3 N–H and O–H groups in total. The van der Waals surface area contributed by atoms with Crippen molar-refractivity contribution in [3.8, 4) is 0 Å². The third-order valence-electron chi connectivity index (χ3n) is 4.68. The Kier molecular flexibility index (Phi) is 7.49. The van der Waals surface area contributed by atoms with Gasteiger partial charge in [0.2, 0.25) is 0 Å². The van der Waals surface area contributed by atoms with Gasteiger partial charge in [-0.05, 0) is 67.9 Å². The standard InChI is InChI=1S/C19H23F2N3OS2/c20-18(21)27-15-8-6-14(7-9-15)23-19(26)22-13-16(17-5-4-12-25-17)24-10-2-1-3-11-24/h4-9,12,16,18H,1-3,10-11,13H2,(H2,22,23,26)/p+1/t16-/m0/s1. The van der Waals surface area contributed by atoms with E-state index in [-0.39, 0.29) is 6.04 Å². The second-order valence-corrected chi connectivity index (χ2v) is 8.00. The Morgan fingerprint density at radius 2 is 1.89 bits per heavy atom. The molecule has 1 aromatic heterocycles. The van der Waals surface area contributed by atoms with Crippen LogP contribution in [0.4, 0.5) is 14.5 Å². The van der Waals surface area contributed by atoms with Gasteiger partial charge in [0, 0.05) is 10.6 Å². The molecule has 4 nitrogen and oxygen atoms in total. The Morgan fingerprint density at radius 3 is 2.52 bits per heavy atom. The van der Waals surface area contributed by atoms with E-state index in [2.05, 4.69) is 10.6 Å². The summed E-state index contributed by atoms with van der Waals surface area (Å²) >= 11 is 5.93. The van der Waals surface area contributed by atoms with E-state index in [1.165, 1.54) is 24.2 Å². The SMILES string of the molecule is FC(F)Sc1ccc(NC(=S)NC[C@@H](c2ccco2)[NH+]2CCCCC2)cc1. The first-order valence-electron chi connectivity index (χ1n) is 9.09. The van der Waals surface area contributed by atoms with Crippen molar-refractivity contribution in [3.05, 3.63) is 48.4 Å². The van der Waals surface area contributed by atoms with Gasteiger partial charge in [0.25, 0.3) is 5.76 Å². The molecule has 2 aromatic rings. The Hall–Kier alpha value is -1.64. The van der Waals surface area contributed by atoms with Crippen molar-refractivity contribution in [2.45, 2.75) is 36.0 Å². The highest BCUT2D eigenvalue weighted by Crippen LogP contribution is 2.26. The number of hydrogen-bond donors (Lipinski definition) is 3. The molecular weight excluding hydrogens is 388 g/mol. The summed E-state index contributed by atoms with van der Waals surface area (Å²) < 4.78 is 30.4. The molecule has 146 valence electrons. The number of likely N-dealkylation sites (tertiary alicyclic amines) is 1. The zero-order chi connectivity index (χ0) is 19.1. The van der Waals surface area contributed by atoms with Crippen LogP contribution in [0.2, 0.25) is 0 Å². The van der Waals surface area contributed by atoms with Gasteiger partial charge in [-0.3, -0.25) is 0 Å². The molecule has 1 atom stereocenters. The average Bonchev–Trinajstić information content (AvgIpc) is 3.18. The van der Waals surface area contributed by atoms with Crippen LogP contribution in [0.5, 0.6) is 0 Å². The number of halogens is 2. The quantitative estimate of drug-likeness (QED) is 0.478. The van der Waals surface area contributed by atoms with Gasteiger partial charge < -0.3 is 20.0 Å². The highest BCUT2D eigenvalue weighted by Gasteiger charge is 2.28. The maximum Gasteiger partial charge on any atom is 0.288 e. The van der Waals surface area contributed by atoms with Crippen molar-refractivity contribution in [1.29, 1.82) is 0 Å². The molecule has 1 aliphatic rings. The van der Waals surface area contributed by atoms with Crippen LogP contribution in [-0.2, 0) is 0 Å². The molecule has 1 aromatic carbocycles. The summed E-state index contributed by atoms with van der Waals surface area (Å²) in [6.07, 6.45) is 5.47. The molecule has 0 bridgehead atoms. The van der Waals surface area contributed by atoms with Crippen LogP contribution in [0.15, 0.2) is 52.0 Å². The molecule has 0 saturated carbocycles. The zero-order valence-electron chi connectivity index (χ0n) is 14.9. The first-order valence-corrected chi connectivity index (χ1v) is 10.4. The minimum absolute atomic E-state index is 0.213. The lowest BCUT2D eigenvalue weighted by molar-refractivity contribution is -0.936. The van der Waals surface area contributed by atoms with Crippen molar-refractivity contribution in [3.63, 3.8) is 0 Å². The highest BCUT2D eigenvalue weighted by atomic mass is 32.2. The maximum atomic E-state index is 12.4. The topological polar surface area (TPSA) is 41.6 Å². The van der Waals surface area contributed by atoms with Crippen molar-refractivity contribution in [2.24, 2.45) is 0 Å². The van der Waals surface area contributed by atoms with Gasteiger partial charge in [0.1, 0.15) is 0 Å². The Labute approximate surface area is 167 Å². The molecule has 8 heteroatoms. The van der Waals surface area contributed by atoms with Gasteiger partial charge in [0.15, 0.2) is 16.9 Å². The number of hydrogen-bond acceptors (Lipinski definition) is 3. The van der Waals surface area contributed by atoms with E-state index in [9.17, 15) is 8.78 Å². The van der Waals surface area contributed by atoms with Gasteiger partial charge in [-0.25, -0.2) is 0 Å². The maximum absolute atomic E-state index is 12.4. The van der Waals surface area contributed by atoms with Gasteiger partial charge >= 0.3 is 0 Å². The molecule has 1 aliphatic heterocycles. The fraction of sp³-hybridized carbons (Fsp3) is 0.421. The summed E-state index contributed by atoms with van der Waals surface area (Å²) in [7, 11) is 0. The number of thioether (sulfide) groups is 1. The summed E-state index contributed by atoms with van der Waals surface area (Å²) in [5, 5.41) is 6.90. The van der Waals surface area contributed by atoms with E-state index in [0.717, 1.165) is 24.5 Å². The second-order valence-electron chi connectivity index (χ2n) is 6.52. The molecule has 0 unspecified atom stereocenters. The van der Waals surface area contributed by atoms with Crippen molar-refractivity contribution >= 4 is 34.8 Å². The number of furan rings is 1. The Morgan fingerprint density at radius 1 is 1.15 bits per heavy atom. The van der Waals surface area contributed by atoms with E-state index in [4.69, 9.17) is 16.6 Å². The predicted molar refractivity (Wildman–Crippen MR) is 109 cm³/mol. The molecule has 1 fully saturated rings. The fourth-order valence-corrected chi connectivity index (χ4v) is 4.08. The molecular formula is C19H24F2N3OS2+. The largest absolute Gasteiger partial charge is 0.463 e. The number of anilines is 1. The van der Waals surface area contributed by atoms with Crippen molar-refractivity contribution in [1.82, 2.24) is 5.32 Å². The van der Waals surface area contributed by atoms with Crippen LogP contribution in [-0.4, -0.2) is 30.5 Å². The van der Waals surface area contributed by atoms with Gasteiger partial charge in [-0.1, -0.05) is 11.8 Å². The predicted octanol–water partition coefficient (Wildman–Crippen LogP) is 3.69. The second kappa shape index (κ2) is 10.1. The number of piperidine rings is 1. The Bertz CT molecular complexity index is 704. The fourth-order valence-electron chi connectivity index (χ4n) is 3.38. The number of rotatable bonds is 7. The lowest BCUT2D eigenvalue weighted by atomic mass is 10.1. The normalized spacial score (nSPS) is 16.3. The van der Waals surface area contributed by atoms with Crippen LogP contribution >= 0.6 is 24.0 Å².